The number of fused-ring (bicyclic) bond motifs is 1. The number of hydrogen-bond acceptors (Lipinski definition) is 5. The fourth-order valence-electron chi connectivity index (χ4n) is 1.94. The molecule has 0 bridgehead atoms. The van der Waals surface area contributed by atoms with E-state index in [1.165, 1.54) is 0 Å². The largest absolute Gasteiger partial charge is 0.396 e. The smallest absolute Gasteiger partial charge is 0.147 e. The van der Waals surface area contributed by atoms with Gasteiger partial charge in [-0.05, 0) is 0 Å². The molecule has 0 fully saturated rings. The Balaban J connectivity index is 1.99. The van der Waals surface area contributed by atoms with Crippen LogP contribution in [0.1, 0.15) is 12.7 Å². The zero-order valence-corrected chi connectivity index (χ0v) is 9.50. The van der Waals surface area contributed by atoms with Crippen molar-refractivity contribution >= 4 is 0 Å². The van der Waals surface area contributed by atoms with Gasteiger partial charge in [-0.25, -0.2) is 0 Å². The van der Waals surface area contributed by atoms with Crippen LogP contribution in [0.2, 0.25) is 0 Å². The molecule has 2 N–H and O–H groups in total. The highest BCUT2D eigenvalue weighted by atomic mass is 16.3. The first kappa shape index (κ1) is 11.5. The van der Waals surface area contributed by atoms with Gasteiger partial charge in [0.15, 0.2) is 0 Å². The van der Waals surface area contributed by atoms with Gasteiger partial charge in [0.1, 0.15) is 12.2 Å². The molecule has 1 aromatic heterocycles. The summed E-state index contributed by atoms with van der Waals surface area (Å²) in [5, 5.41) is 26.4. The van der Waals surface area contributed by atoms with E-state index < -0.39 is 5.41 Å². The van der Waals surface area contributed by atoms with Crippen LogP contribution in [0, 0.1) is 5.41 Å². The summed E-state index contributed by atoms with van der Waals surface area (Å²) in [6, 6.07) is 0. The van der Waals surface area contributed by atoms with Gasteiger partial charge in [-0.15, -0.1) is 10.2 Å². The molecule has 1 aliphatic rings. The Kier molecular flexibility index (Phi) is 3.22. The second kappa shape index (κ2) is 4.48. The lowest BCUT2D eigenvalue weighted by Gasteiger charge is -2.34. The maximum Gasteiger partial charge on any atom is 0.147 e. The zero-order valence-electron chi connectivity index (χ0n) is 9.50. The molecule has 1 aromatic rings. The predicted molar refractivity (Wildman–Crippen MR) is 57.6 cm³/mol. The number of aliphatic hydroxyl groups is 2. The highest BCUT2D eigenvalue weighted by molar-refractivity contribution is 4.91. The molecule has 16 heavy (non-hydrogen) atoms. The Morgan fingerprint density at radius 1 is 1.38 bits per heavy atom. The molecular formula is C10H18N4O2. The monoisotopic (exact) mass is 226 g/mol. The maximum atomic E-state index is 9.25. The minimum atomic E-state index is -0.442. The van der Waals surface area contributed by atoms with Crippen molar-refractivity contribution in [3.8, 4) is 0 Å². The van der Waals surface area contributed by atoms with Gasteiger partial charge >= 0.3 is 0 Å². The molecule has 2 rings (SSSR count). The summed E-state index contributed by atoms with van der Waals surface area (Å²) in [7, 11) is 0. The topological polar surface area (TPSA) is 74.4 Å². The molecule has 0 spiro atoms. The second-order valence-electron chi connectivity index (χ2n) is 4.78. The van der Waals surface area contributed by atoms with E-state index in [4.69, 9.17) is 0 Å². The first-order valence-corrected chi connectivity index (χ1v) is 5.48. The quantitative estimate of drug-likeness (QED) is 0.695. The molecule has 0 atom stereocenters. The Hall–Kier alpha value is -0.980. The van der Waals surface area contributed by atoms with Gasteiger partial charge in [0.25, 0.3) is 0 Å². The first-order chi connectivity index (χ1) is 7.67. The molecular weight excluding hydrogens is 208 g/mol. The Bertz CT molecular complexity index is 348. The lowest BCUT2D eigenvalue weighted by molar-refractivity contribution is 0.0269. The molecule has 0 saturated carbocycles. The zero-order chi connectivity index (χ0) is 11.6. The molecule has 0 saturated heterocycles. The van der Waals surface area contributed by atoms with Crippen LogP contribution in [0.4, 0.5) is 0 Å². The average molecular weight is 226 g/mol. The van der Waals surface area contributed by atoms with E-state index in [2.05, 4.69) is 15.1 Å². The van der Waals surface area contributed by atoms with Crippen LogP contribution < -0.4 is 0 Å². The van der Waals surface area contributed by atoms with Gasteiger partial charge < -0.3 is 14.8 Å². The lowest BCUT2D eigenvalue weighted by Crippen LogP contribution is -2.44. The highest BCUT2D eigenvalue weighted by Crippen LogP contribution is 2.19. The molecule has 0 radical (unpaired) electrons. The van der Waals surface area contributed by atoms with Crippen molar-refractivity contribution in [2.24, 2.45) is 5.41 Å². The average Bonchev–Trinajstić information content (AvgIpc) is 2.76. The summed E-state index contributed by atoms with van der Waals surface area (Å²) in [5.74, 6) is 0.949. The van der Waals surface area contributed by atoms with Gasteiger partial charge in [-0.3, -0.25) is 4.90 Å². The summed E-state index contributed by atoms with van der Waals surface area (Å²) >= 11 is 0. The summed E-state index contributed by atoms with van der Waals surface area (Å²) in [5.41, 5.74) is -0.442. The van der Waals surface area contributed by atoms with E-state index in [1.54, 1.807) is 6.33 Å². The Morgan fingerprint density at radius 2 is 2.12 bits per heavy atom. The van der Waals surface area contributed by atoms with Crippen LogP contribution >= 0.6 is 0 Å². The van der Waals surface area contributed by atoms with Crippen molar-refractivity contribution in [2.75, 3.05) is 26.3 Å². The van der Waals surface area contributed by atoms with Gasteiger partial charge in [-0.1, -0.05) is 6.92 Å². The number of nitrogens with zero attached hydrogens (tertiary/aromatic N) is 4. The summed E-state index contributed by atoms with van der Waals surface area (Å²) < 4.78 is 2.03. The standard InChI is InChI=1S/C10H18N4O2/c1-10(6-15,7-16)5-13-2-3-14-8-11-12-9(14)4-13/h8,15-16H,2-7H2,1H3. The molecule has 0 amide bonds. The Morgan fingerprint density at radius 3 is 2.81 bits per heavy atom. The van der Waals surface area contributed by atoms with Crippen molar-refractivity contribution in [3.05, 3.63) is 12.2 Å². The van der Waals surface area contributed by atoms with Crippen molar-refractivity contribution in [2.45, 2.75) is 20.0 Å². The normalized spacial score (nSPS) is 17.4. The molecule has 6 nitrogen and oxygen atoms in total. The molecule has 1 aliphatic heterocycles. The van der Waals surface area contributed by atoms with Crippen molar-refractivity contribution in [1.82, 2.24) is 19.7 Å². The summed E-state index contributed by atoms with van der Waals surface area (Å²) in [6.07, 6.45) is 1.74. The van der Waals surface area contributed by atoms with Crippen molar-refractivity contribution < 1.29 is 10.2 Å². The molecule has 0 unspecified atom stereocenters. The first-order valence-electron chi connectivity index (χ1n) is 5.48. The molecule has 0 aliphatic carbocycles. The summed E-state index contributed by atoms with van der Waals surface area (Å²) in [4.78, 5) is 2.19. The molecule has 2 heterocycles. The van der Waals surface area contributed by atoms with Crippen LogP contribution in [0.3, 0.4) is 0 Å². The van der Waals surface area contributed by atoms with E-state index in [0.717, 1.165) is 25.5 Å². The number of aromatic nitrogens is 3. The minimum Gasteiger partial charge on any atom is -0.396 e. The second-order valence-corrected chi connectivity index (χ2v) is 4.78. The lowest BCUT2D eigenvalue weighted by atomic mass is 9.92. The minimum absolute atomic E-state index is 0.00725. The number of rotatable bonds is 4. The van der Waals surface area contributed by atoms with Crippen LogP contribution in [0.25, 0.3) is 0 Å². The van der Waals surface area contributed by atoms with Crippen LogP contribution in [0.15, 0.2) is 6.33 Å². The van der Waals surface area contributed by atoms with E-state index in [9.17, 15) is 10.2 Å². The van der Waals surface area contributed by atoms with Crippen LogP contribution in [-0.2, 0) is 13.1 Å². The third-order valence-corrected chi connectivity index (χ3v) is 3.09. The Labute approximate surface area is 94.5 Å². The highest BCUT2D eigenvalue weighted by Gasteiger charge is 2.28. The third kappa shape index (κ3) is 2.23. The van der Waals surface area contributed by atoms with Gasteiger partial charge in [0.2, 0.25) is 0 Å². The number of hydrogen-bond donors (Lipinski definition) is 2. The maximum absolute atomic E-state index is 9.25. The van der Waals surface area contributed by atoms with E-state index >= 15 is 0 Å². The fourth-order valence-corrected chi connectivity index (χ4v) is 1.94. The van der Waals surface area contributed by atoms with Crippen molar-refractivity contribution in [1.29, 1.82) is 0 Å². The predicted octanol–water partition coefficient (Wildman–Crippen LogP) is -0.915. The van der Waals surface area contributed by atoms with Crippen LogP contribution in [-0.4, -0.2) is 56.2 Å². The van der Waals surface area contributed by atoms with Crippen LogP contribution in [0.5, 0.6) is 0 Å². The molecule has 90 valence electrons. The summed E-state index contributed by atoms with van der Waals surface area (Å²) in [6.45, 7) is 5.05. The molecule has 0 aromatic carbocycles. The van der Waals surface area contributed by atoms with E-state index in [1.807, 2.05) is 11.5 Å². The third-order valence-electron chi connectivity index (χ3n) is 3.09. The SMILES string of the molecule is CC(CO)(CO)CN1CCn2cnnc2C1. The fraction of sp³-hybridized carbons (Fsp3) is 0.800. The number of aliphatic hydroxyl groups excluding tert-OH is 2. The van der Waals surface area contributed by atoms with Crippen molar-refractivity contribution in [3.63, 3.8) is 0 Å². The van der Waals surface area contributed by atoms with E-state index in [-0.39, 0.29) is 13.2 Å². The van der Waals surface area contributed by atoms with E-state index in [0.29, 0.717) is 6.54 Å². The van der Waals surface area contributed by atoms with Gasteiger partial charge in [0, 0.05) is 25.0 Å². The van der Waals surface area contributed by atoms with Gasteiger partial charge in [0.05, 0.1) is 19.8 Å². The molecule has 6 heteroatoms. The van der Waals surface area contributed by atoms with Gasteiger partial charge in [-0.2, -0.15) is 0 Å².